The lowest BCUT2D eigenvalue weighted by Gasteiger charge is -2.25. The molecule has 0 saturated heterocycles. The first-order chi connectivity index (χ1) is 5.18. The van der Waals surface area contributed by atoms with Crippen LogP contribution in [0.15, 0.2) is 0 Å². The number of alkyl halides is 2. The van der Waals surface area contributed by atoms with Gasteiger partial charge < -0.3 is 4.74 Å². The summed E-state index contributed by atoms with van der Waals surface area (Å²) >= 11 is 0. The highest BCUT2D eigenvalue weighted by atomic mass is 19.3. The highest BCUT2D eigenvalue weighted by Crippen LogP contribution is 2.26. The predicted octanol–water partition coefficient (Wildman–Crippen LogP) is 2.80. The van der Waals surface area contributed by atoms with Crippen molar-refractivity contribution in [1.29, 1.82) is 0 Å². The van der Waals surface area contributed by atoms with E-state index < -0.39 is 6.61 Å². The highest BCUT2D eigenvalue weighted by molar-refractivity contribution is 4.69. The molecule has 0 aromatic heterocycles. The Morgan fingerprint density at radius 1 is 1.18 bits per heavy atom. The Kier molecular flexibility index (Phi) is 3.24. The van der Waals surface area contributed by atoms with Gasteiger partial charge in [0, 0.05) is 0 Å². The van der Waals surface area contributed by atoms with E-state index in [0.717, 1.165) is 25.7 Å². The quantitative estimate of drug-likeness (QED) is 0.609. The maximum atomic E-state index is 11.7. The molecular formula is C8H14F2O. The van der Waals surface area contributed by atoms with E-state index in [-0.39, 0.29) is 6.10 Å². The number of halogens is 2. The predicted molar refractivity (Wildman–Crippen MR) is 38.5 cm³/mol. The Hall–Kier alpha value is -0.180. The number of rotatable bonds is 2. The van der Waals surface area contributed by atoms with Crippen LogP contribution in [0, 0.1) is 5.92 Å². The van der Waals surface area contributed by atoms with Crippen LogP contribution >= 0.6 is 0 Å². The van der Waals surface area contributed by atoms with Crippen molar-refractivity contribution >= 4 is 0 Å². The highest BCUT2D eigenvalue weighted by Gasteiger charge is 2.21. The molecule has 66 valence electrons. The molecule has 1 aliphatic carbocycles. The van der Waals surface area contributed by atoms with Crippen LogP contribution in [0.1, 0.15) is 32.6 Å². The lowest BCUT2D eigenvalue weighted by atomic mass is 9.89. The van der Waals surface area contributed by atoms with Crippen LogP contribution in [0.4, 0.5) is 8.78 Å². The van der Waals surface area contributed by atoms with Gasteiger partial charge in [0.2, 0.25) is 0 Å². The van der Waals surface area contributed by atoms with E-state index in [9.17, 15) is 8.78 Å². The molecule has 0 atom stereocenters. The van der Waals surface area contributed by atoms with Gasteiger partial charge in [0.25, 0.3) is 0 Å². The van der Waals surface area contributed by atoms with Crippen LogP contribution in [-0.4, -0.2) is 12.7 Å². The molecule has 1 saturated carbocycles. The molecule has 11 heavy (non-hydrogen) atoms. The van der Waals surface area contributed by atoms with E-state index in [1.165, 1.54) is 0 Å². The molecule has 0 N–H and O–H groups in total. The van der Waals surface area contributed by atoms with Crippen LogP contribution in [0.25, 0.3) is 0 Å². The molecule has 0 bridgehead atoms. The molecule has 0 heterocycles. The van der Waals surface area contributed by atoms with Gasteiger partial charge in [-0.1, -0.05) is 6.92 Å². The van der Waals surface area contributed by atoms with Crippen molar-refractivity contribution < 1.29 is 13.5 Å². The number of ether oxygens (including phenoxy) is 1. The minimum Gasteiger partial charge on any atom is -0.320 e. The zero-order valence-corrected chi connectivity index (χ0v) is 6.72. The van der Waals surface area contributed by atoms with Gasteiger partial charge in [0.1, 0.15) is 0 Å². The fourth-order valence-corrected chi connectivity index (χ4v) is 1.51. The average Bonchev–Trinajstić information content (AvgIpc) is 1.93. The third kappa shape index (κ3) is 3.14. The van der Waals surface area contributed by atoms with Gasteiger partial charge in [-0.2, -0.15) is 8.78 Å². The Bertz CT molecular complexity index is 109. The van der Waals surface area contributed by atoms with Crippen molar-refractivity contribution in [1.82, 2.24) is 0 Å². The Morgan fingerprint density at radius 2 is 1.73 bits per heavy atom. The topological polar surface area (TPSA) is 9.23 Å². The summed E-state index contributed by atoms with van der Waals surface area (Å²) in [4.78, 5) is 0. The van der Waals surface area contributed by atoms with Gasteiger partial charge in [-0.25, -0.2) is 0 Å². The smallest absolute Gasteiger partial charge is 0.320 e. The second-order valence-electron chi connectivity index (χ2n) is 3.28. The van der Waals surface area contributed by atoms with Crippen molar-refractivity contribution in [3.05, 3.63) is 0 Å². The van der Waals surface area contributed by atoms with Crippen molar-refractivity contribution in [2.45, 2.75) is 45.3 Å². The monoisotopic (exact) mass is 164 g/mol. The molecule has 0 spiro atoms. The van der Waals surface area contributed by atoms with Gasteiger partial charge in [-0.3, -0.25) is 0 Å². The molecule has 1 aliphatic rings. The Morgan fingerprint density at radius 3 is 2.18 bits per heavy atom. The Balaban J connectivity index is 2.17. The van der Waals surface area contributed by atoms with Gasteiger partial charge in [0.15, 0.2) is 0 Å². The minimum atomic E-state index is -2.59. The summed E-state index contributed by atoms with van der Waals surface area (Å²) in [6.07, 6.45) is 3.46. The first-order valence-corrected chi connectivity index (χ1v) is 4.12. The second kappa shape index (κ2) is 4.00. The molecule has 0 radical (unpaired) electrons. The second-order valence-corrected chi connectivity index (χ2v) is 3.28. The van der Waals surface area contributed by atoms with E-state index in [4.69, 9.17) is 0 Å². The molecule has 1 rings (SSSR count). The molecule has 3 heteroatoms. The molecular weight excluding hydrogens is 150 g/mol. The summed E-state index contributed by atoms with van der Waals surface area (Å²) < 4.78 is 27.8. The molecule has 0 aromatic carbocycles. The summed E-state index contributed by atoms with van der Waals surface area (Å²) in [7, 11) is 0. The summed E-state index contributed by atoms with van der Waals surface area (Å²) in [5.74, 6) is 0.688. The normalized spacial score (nSPS) is 32.7. The minimum absolute atomic E-state index is 0.189. The largest absolute Gasteiger partial charge is 0.345 e. The van der Waals surface area contributed by atoms with Crippen LogP contribution in [0.3, 0.4) is 0 Å². The summed E-state index contributed by atoms with van der Waals surface area (Å²) in [5, 5.41) is 0. The van der Waals surface area contributed by atoms with E-state index in [2.05, 4.69) is 11.7 Å². The van der Waals surface area contributed by atoms with E-state index >= 15 is 0 Å². The molecule has 1 nitrogen and oxygen atoms in total. The van der Waals surface area contributed by atoms with Gasteiger partial charge >= 0.3 is 6.61 Å². The van der Waals surface area contributed by atoms with Crippen LogP contribution in [0.5, 0.6) is 0 Å². The third-order valence-electron chi connectivity index (χ3n) is 2.26. The van der Waals surface area contributed by atoms with E-state index in [1.807, 2.05) is 0 Å². The van der Waals surface area contributed by atoms with Crippen molar-refractivity contribution in [2.24, 2.45) is 5.92 Å². The van der Waals surface area contributed by atoms with Crippen LogP contribution in [-0.2, 0) is 4.74 Å². The molecule has 0 aromatic rings. The lowest BCUT2D eigenvalue weighted by Crippen LogP contribution is -2.22. The van der Waals surface area contributed by atoms with Gasteiger partial charge in [-0.05, 0) is 31.6 Å². The number of hydrogen-bond donors (Lipinski definition) is 0. The van der Waals surface area contributed by atoms with Crippen LogP contribution < -0.4 is 0 Å². The lowest BCUT2D eigenvalue weighted by molar-refractivity contribution is -0.171. The molecule has 0 unspecified atom stereocenters. The maximum absolute atomic E-state index is 11.7. The Labute approximate surface area is 65.7 Å². The molecule has 1 fully saturated rings. The zero-order chi connectivity index (χ0) is 8.27. The van der Waals surface area contributed by atoms with Crippen LogP contribution in [0.2, 0.25) is 0 Å². The maximum Gasteiger partial charge on any atom is 0.345 e. The van der Waals surface area contributed by atoms with Gasteiger partial charge in [0.05, 0.1) is 6.10 Å². The fourth-order valence-electron chi connectivity index (χ4n) is 1.51. The summed E-state index contributed by atoms with van der Waals surface area (Å²) in [6.45, 7) is -0.438. The van der Waals surface area contributed by atoms with E-state index in [0.29, 0.717) is 5.92 Å². The molecule has 0 aliphatic heterocycles. The third-order valence-corrected chi connectivity index (χ3v) is 2.26. The van der Waals surface area contributed by atoms with Crippen molar-refractivity contribution in [3.63, 3.8) is 0 Å². The van der Waals surface area contributed by atoms with Gasteiger partial charge in [-0.15, -0.1) is 0 Å². The molecule has 0 amide bonds. The average molecular weight is 164 g/mol. The van der Waals surface area contributed by atoms with E-state index in [1.54, 1.807) is 0 Å². The van der Waals surface area contributed by atoms with Crippen molar-refractivity contribution in [2.75, 3.05) is 0 Å². The summed E-state index contributed by atoms with van der Waals surface area (Å²) in [6, 6.07) is 0. The van der Waals surface area contributed by atoms with Crippen molar-refractivity contribution in [3.8, 4) is 0 Å². The first kappa shape index (κ1) is 8.91. The number of hydrogen-bond acceptors (Lipinski definition) is 1. The standard InChI is InChI=1S/C8H14F2O/c1-6-2-4-7(5-3-6)11-8(9)10/h6-8H,2-5H2,1H3. The fraction of sp³-hybridized carbons (Fsp3) is 1.00. The first-order valence-electron chi connectivity index (χ1n) is 4.12. The SMILES string of the molecule is CC1CCC(OC(F)F)CC1. The summed E-state index contributed by atoms with van der Waals surface area (Å²) in [5.41, 5.74) is 0. The zero-order valence-electron chi connectivity index (χ0n) is 6.72.